The number of fused-ring (bicyclic) bond motifs is 1. The summed E-state index contributed by atoms with van der Waals surface area (Å²) in [5.74, 6) is -0.210. The summed E-state index contributed by atoms with van der Waals surface area (Å²) in [4.78, 5) is 14.9. The van der Waals surface area contributed by atoms with Crippen LogP contribution >= 0.6 is 11.3 Å². The van der Waals surface area contributed by atoms with Gasteiger partial charge in [-0.05, 0) is 36.1 Å². The molecule has 0 fully saturated rings. The predicted octanol–water partition coefficient (Wildman–Crippen LogP) is 1.71. The Hall–Kier alpha value is -1.72. The second-order valence-corrected chi connectivity index (χ2v) is 6.76. The molecule has 0 aliphatic carbocycles. The minimum absolute atomic E-state index is 0.0462. The zero-order valence-corrected chi connectivity index (χ0v) is 13.4. The van der Waals surface area contributed by atoms with Gasteiger partial charge in [-0.25, -0.2) is 4.39 Å². The van der Waals surface area contributed by atoms with E-state index in [0.717, 1.165) is 18.5 Å². The van der Waals surface area contributed by atoms with E-state index >= 15 is 0 Å². The topological polar surface area (TPSA) is 33.5 Å². The highest BCUT2D eigenvalue weighted by Gasteiger charge is 2.29. The van der Waals surface area contributed by atoms with Crippen molar-refractivity contribution < 1.29 is 14.1 Å². The van der Waals surface area contributed by atoms with Crippen molar-refractivity contribution in [3.05, 3.63) is 57.5 Å². The van der Waals surface area contributed by atoms with Crippen LogP contribution in [0.3, 0.4) is 0 Å². The normalized spacial score (nSPS) is 20.5. The van der Waals surface area contributed by atoms with E-state index in [0.29, 0.717) is 19.1 Å². The molecule has 0 spiro atoms. The molecule has 1 aromatic carbocycles. The standard InChI is InChI=1S/C17H19FN2OS/c1-12-15-7-9-22-16(15)6-8-20(12)11-17(21)19-10-13-2-4-14(18)5-3-13/h2-5,7,9,12H,6,8,10-11H2,1H3,(H,19,21)/p+1/t12-/m0/s1. The Balaban J connectivity index is 1.53. The summed E-state index contributed by atoms with van der Waals surface area (Å²) in [6.07, 6.45) is 1.05. The lowest BCUT2D eigenvalue weighted by Gasteiger charge is -2.29. The molecule has 0 bridgehead atoms. The van der Waals surface area contributed by atoms with E-state index in [4.69, 9.17) is 0 Å². The average molecular weight is 319 g/mol. The number of nitrogens with one attached hydrogen (secondary N) is 2. The zero-order chi connectivity index (χ0) is 15.5. The molecule has 2 atom stereocenters. The van der Waals surface area contributed by atoms with Crippen LogP contribution in [0.25, 0.3) is 0 Å². The molecule has 116 valence electrons. The highest BCUT2D eigenvalue weighted by atomic mass is 32.1. The average Bonchev–Trinajstić information content (AvgIpc) is 2.99. The van der Waals surface area contributed by atoms with Crippen LogP contribution in [0, 0.1) is 5.82 Å². The first-order valence-electron chi connectivity index (χ1n) is 7.55. The molecule has 1 aliphatic rings. The van der Waals surface area contributed by atoms with Gasteiger partial charge in [-0.3, -0.25) is 4.79 Å². The summed E-state index contributed by atoms with van der Waals surface area (Å²) >= 11 is 1.81. The van der Waals surface area contributed by atoms with Crippen molar-refractivity contribution in [1.82, 2.24) is 5.32 Å². The van der Waals surface area contributed by atoms with E-state index in [-0.39, 0.29) is 11.7 Å². The number of amides is 1. The third kappa shape index (κ3) is 3.36. The Bertz CT molecular complexity index is 653. The maximum absolute atomic E-state index is 12.8. The first-order chi connectivity index (χ1) is 10.6. The SMILES string of the molecule is C[C@H]1c2ccsc2CC[NH+]1CC(=O)NCc1ccc(F)cc1. The molecule has 0 radical (unpaired) electrons. The summed E-state index contributed by atoms with van der Waals surface area (Å²) in [7, 11) is 0. The number of carbonyl (C=O) groups is 1. The molecular formula is C17H20FN2OS+. The van der Waals surface area contributed by atoms with Crippen molar-refractivity contribution >= 4 is 17.2 Å². The van der Waals surface area contributed by atoms with Crippen LogP contribution in [-0.2, 0) is 17.8 Å². The lowest BCUT2D eigenvalue weighted by molar-refractivity contribution is -0.924. The van der Waals surface area contributed by atoms with Crippen LogP contribution in [0.1, 0.15) is 29.0 Å². The summed E-state index contributed by atoms with van der Waals surface area (Å²) in [5, 5.41) is 5.06. The van der Waals surface area contributed by atoms with Crippen LogP contribution in [0.15, 0.2) is 35.7 Å². The quantitative estimate of drug-likeness (QED) is 0.884. The Morgan fingerprint density at radius 1 is 1.36 bits per heavy atom. The molecule has 1 aromatic heterocycles. The Morgan fingerprint density at radius 3 is 2.91 bits per heavy atom. The first-order valence-corrected chi connectivity index (χ1v) is 8.43. The minimum atomic E-state index is -0.256. The summed E-state index contributed by atoms with van der Waals surface area (Å²) < 4.78 is 12.8. The van der Waals surface area contributed by atoms with Crippen molar-refractivity contribution in [2.45, 2.75) is 25.9 Å². The molecule has 2 heterocycles. The van der Waals surface area contributed by atoms with Crippen LogP contribution in [0.2, 0.25) is 0 Å². The van der Waals surface area contributed by atoms with E-state index in [1.165, 1.54) is 27.5 Å². The van der Waals surface area contributed by atoms with Crippen molar-refractivity contribution in [2.24, 2.45) is 0 Å². The van der Waals surface area contributed by atoms with Gasteiger partial charge in [0.1, 0.15) is 11.9 Å². The van der Waals surface area contributed by atoms with Gasteiger partial charge in [0.15, 0.2) is 6.54 Å². The summed E-state index contributed by atoms with van der Waals surface area (Å²) in [6.45, 7) is 4.12. The van der Waals surface area contributed by atoms with E-state index in [1.54, 1.807) is 12.1 Å². The number of rotatable bonds is 4. The molecule has 3 nitrogen and oxygen atoms in total. The molecule has 2 N–H and O–H groups in total. The lowest BCUT2D eigenvalue weighted by atomic mass is 10.0. The zero-order valence-electron chi connectivity index (χ0n) is 12.6. The first kappa shape index (κ1) is 15.2. The number of thiophene rings is 1. The van der Waals surface area contributed by atoms with Crippen LogP contribution in [0.4, 0.5) is 4.39 Å². The van der Waals surface area contributed by atoms with Crippen molar-refractivity contribution in [3.63, 3.8) is 0 Å². The lowest BCUT2D eigenvalue weighted by Crippen LogP contribution is -3.14. The smallest absolute Gasteiger partial charge is 0.275 e. The molecular weight excluding hydrogens is 299 g/mol. The van der Waals surface area contributed by atoms with Crippen LogP contribution < -0.4 is 10.2 Å². The minimum Gasteiger partial charge on any atom is -0.347 e. The largest absolute Gasteiger partial charge is 0.347 e. The number of hydrogen-bond acceptors (Lipinski definition) is 2. The molecule has 1 amide bonds. The van der Waals surface area contributed by atoms with E-state index in [2.05, 4.69) is 23.7 Å². The fraction of sp³-hybridized carbons (Fsp3) is 0.353. The number of carbonyl (C=O) groups excluding carboxylic acids is 1. The molecule has 1 unspecified atom stereocenters. The highest BCUT2D eigenvalue weighted by molar-refractivity contribution is 7.10. The van der Waals surface area contributed by atoms with E-state index < -0.39 is 0 Å². The van der Waals surface area contributed by atoms with Gasteiger partial charge in [0.2, 0.25) is 0 Å². The summed E-state index contributed by atoms with van der Waals surface area (Å²) in [5.41, 5.74) is 2.30. The molecule has 0 saturated heterocycles. The Kier molecular flexibility index (Phi) is 4.55. The van der Waals surface area contributed by atoms with E-state index in [1.807, 2.05) is 11.3 Å². The van der Waals surface area contributed by atoms with Crippen molar-refractivity contribution in [1.29, 1.82) is 0 Å². The number of benzene rings is 1. The van der Waals surface area contributed by atoms with E-state index in [9.17, 15) is 9.18 Å². The molecule has 2 aromatic rings. The fourth-order valence-electron chi connectivity index (χ4n) is 2.96. The molecule has 5 heteroatoms. The van der Waals surface area contributed by atoms with Gasteiger partial charge in [-0.1, -0.05) is 12.1 Å². The number of quaternary nitrogens is 1. The van der Waals surface area contributed by atoms with Crippen LogP contribution in [0.5, 0.6) is 0 Å². The third-order valence-electron chi connectivity index (χ3n) is 4.32. The maximum Gasteiger partial charge on any atom is 0.275 e. The maximum atomic E-state index is 12.8. The second-order valence-electron chi connectivity index (χ2n) is 5.76. The molecule has 22 heavy (non-hydrogen) atoms. The van der Waals surface area contributed by atoms with Gasteiger partial charge in [0.05, 0.1) is 6.54 Å². The van der Waals surface area contributed by atoms with Gasteiger partial charge in [0.25, 0.3) is 5.91 Å². The highest BCUT2D eigenvalue weighted by Crippen LogP contribution is 2.24. The molecule has 3 rings (SSSR count). The third-order valence-corrected chi connectivity index (χ3v) is 5.32. The van der Waals surface area contributed by atoms with Gasteiger partial charge in [-0.2, -0.15) is 0 Å². The Labute approximate surface area is 133 Å². The molecule has 0 saturated carbocycles. The van der Waals surface area contributed by atoms with Crippen LogP contribution in [-0.4, -0.2) is 19.0 Å². The van der Waals surface area contributed by atoms with Gasteiger partial charge in [0, 0.05) is 23.4 Å². The number of hydrogen-bond donors (Lipinski definition) is 2. The van der Waals surface area contributed by atoms with Crippen molar-refractivity contribution in [2.75, 3.05) is 13.1 Å². The fourth-order valence-corrected chi connectivity index (χ4v) is 3.94. The van der Waals surface area contributed by atoms with Gasteiger partial charge >= 0.3 is 0 Å². The second kappa shape index (κ2) is 6.58. The predicted molar refractivity (Wildman–Crippen MR) is 85.4 cm³/mol. The monoisotopic (exact) mass is 319 g/mol. The van der Waals surface area contributed by atoms with Crippen molar-refractivity contribution in [3.8, 4) is 0 Å². The van der Waals surface area contributed by atoms with Gasteiger partial charge < -0.3 is 10.2 Å². The summed E-state index contributed by atoms with van der Waals surface area (Å²) in [6, 6.07) is 8.77. The molecule has 1 aliphatic heterocycles. The van der Waals surface area contributed by atoms with Gasteiger partial charge in [-0.15, -0.1) is 11.3 Å². The number of halogens is 1. The Morgan fingerprint density at radius 2 is 2.14 bits per heavy atom.